The van der Waals surface area contributed by atoms with E-state index in [-0.39, 0.29) is 33.5 Å². The quantitative estimate of drug-likeness (QED) is 0.131. The summed E-state index contributed by atoms with van der Waals surface area (Å²) in [7, 11) is -6.16. The number of nitrogens with one attached hydrogen (secondary N) is 4. The van der Waals surface area contributed by atoms with E-state index >= 15 is 0 Å². The molecule has 4 rings (SSSR count). The molecular formula is C25H24Cl2N6O4S2. The van der Waals surface area contributed by atoms with Crippen LogP contribution in [0.5, 0.6) is 0 Å². The fourth-order valence-electron chi connectivity index (χ4n) is 3.47. The van der Waals surface area contributed by atoms with Crippen molar-refractivity contribution in [3.8, 4) is 11.1 Å². The highest BCUT2D eigenvalue weighted by Gasteiger charge is 2.20. The van der Waals surface area contributed by atoms with Crippen LogP contribution >= 0.6 is 23.2 Å². The molecule has 0 aliphatic carbocycles. The average Bonchev–Trinajstić information content (AvgIpc) is 2.91. The van der Waals surface area contributed by atoms with Crippen LogP contribution in [0.15, 0.2) is 82.7 Å². The molecule has 0 spiro atoms. The van der Waals surface area contributed by atoms with Gasteiger partial charge in [-0.3, -0.25) is 9.50 Å². The van der Waals surface area contributed by atoms with Crippen molar-refractivity contribution in [2.45, 2.75) is 22.8 Å². The minimum atomic E-state index is -3.98. The average molecular weight is 608 g/mol. The van der Waals surface area contributed by atoms with Gasteiger partial charge in [-0.25, -0.2) is 17.6 Å². The fraction of sp³-hybridized carbons (Fsp3) is 0.120. The highest BCUT2D eigenvalue weighted by atomic mass is 35.5. The first-order chi connectivity index (χ1) is 18.6. The third-order valence-corrected chi connectivity index (χ3v) is 8.58. The number of benzene rings is 3. The number of hydrogen-bond acceptors (Lipinski definition) is 9. The van der Waals surface area contributed by atoms with Gasteiger partial charge in [0.1, 0.15) is 10.7 Å². The lowest BCUT2D eigenvalue weighted by Gasteiger charge is -2.17. The lowest BCUT2D eigenvalue weighted by Crippen LogP contribution is -2.21. The second-order valence-electron chi connectivity index (χ2n) is 8.38. The first kappa shape index (κ1) is 28.6. The summed E-state index contributed by atoms with van der Waals surface area (Å²) >= 11 is 12.1. The van der Waals surface area contributed by atoms with Gasteiger partial charge in [-0.1, -0.05) is 41.4 Å². The lowest BCUT2D eigenvalue weighted by molar-refractivity contribution is 0.281. The number of hydrogen-bond donors (Lipinski definition) is 6. The molecule has 204 valence electrons. The Balaban J connectivity index is 1.60. The van der Waals surface area contributed by atoms with Crippen LogP contribution in [-0.2, 0) is 20.6 Å². The molecule has 0 radical (unpaired) electrons. The highest BCUT2D eigenvalue weighted by molar-refractivity contribution is 7.92. The molecule has 0 fully saturated rings. The number of sulfonamides is 1. The van der Waals surface area contributed by atoms with E-state index in [0.29, 0.717) is 33.2 Å². The minimum absolute atomic E-state index is 0.0642. The van der Waals surface area contributed by atoms with E-state index < -0.39 is 20.6 Å². The first-order valence-electron chi connectivity index (χ1n) is 11.4. The number of halogens is 2. The van der Waals surface area contributed by atoms with Gasteiger partial charge in [-0.15, -0.1) is 0 Å². The number of aliphatic hydroxyl groups is 1. The van der Waals surface area contributed by atoms with Crippen LogP contribution in [0.25, 0.3) is 11.1 Å². The third-order valence-electron chi connectivity index (χ3n) is 5.46. The molecule has 2 atom stereocenters. The summed E-state index contributed by atoms with van der Waals surface area (Å²) in [5.41, 5.74) is 2.27. The molecule has 39 heavy (non-hydrogen) atoms. The molecule has 5 N–H and O–H groups in total. The predicted octanol–water partition coefficient (Wildman–Crippen LogP) is 5.39. The van der Waals surface area contributed by atoms with Crippen molar-refractivity contribution < 1.29 is 17.7 Å². The van der Waals surface area contributed by atoms with Crippen LogP contribution in [0.1, 0.15) is 6.92 Å². The van der Waals surface area contributed by atoms with E-state index in [1.807, 2.05) is 0 Å². The zero-order chi connectivity index (χ0) is 28.2. The standard InChI is InChI=1S/C25H24Cl2N6O4S2/c1-15(14-34)30-24-20(13-29-25(32-24)31-17-9-11-19(12-10-17)38(28)35)16-5-7-18(8-6-16)33-39(36,37)22-4-2-3-21(26)23(22)27/h2-13,15,28,33-34,38H,14H2,1H3,(H2,29,30,31,32). The smallest absolute Gasteiger partial charge is 0.263 e. The molecule has 0 aliphatic heterocycles. The maximum absolute atomic E-state index is 12.8. The van der Waals surface area contributed by atoms with Gasteiger partial charge in [0.25, 0.3) is 10.0 Å². The predicted molar refractivity (Wildman–Crippen MR) is 155 cm³/mol. The normalized spacial score (nSPS) is 12.9. The number of anilines is 4. The Kier molecular flexibility index (Phi) is 8.93. The van der Waals surface area contributed by atoms with Gasteiger partial charge >= 0.3 is 0 Å². The van der Waals surface area contributed by atoms with Crippen molar-refractivity contribution in [1.82, 2.24) is 9.97 Å². The van der Waals surface area contributed by atoms with Crippen LogP contribution in [0, 0.1) is 4.78 Å². The molecule has 1 aromatic heterocycles. The van der Waals surface area contributed by atoms with Crippen molar-refractivity contribution in [3.63, 3.8) is 0 Å². The third kappa shape index (κ3) is 6.97. The van der Waals surface area contributed by atoms with Gasteiger partial charge in [0.2, 0.25) is 5.95 Å². The summed E-state index contributed by atoms with van der Waals surface area (Å²) in [5, 5.41) is 15.8. The first-order valence-corrected chi connectivity index (χ1v) is 14.9. The number of rotatable bonds is 10. The van der Waals surface area contributed by atoms with Crippen molar-refractivity contribution in [2.75, 3.05) is 22.0 Å². The van der Waals surface area contributed by atoms with E-state index in [4.69, 9.17) is 28.0 Å². The van der Waals surface area contributed by atoms with Crippen LogP contribution < -0.4 is 15.4 Å². The van der Waals surface area contributed by atoms with Crippen molar-refractivity contribution >= 4 is 67.0 Å². The number of aromatic nitrogens is 2. The molecule has 0 bridgehead atoms. The number of aliphatic hydroxyl groups excluding tert-OH is 1. The molecular weight excluding hydrogens is 583 g/mol. The Bertz CT molecular complexity index is 1660. The molecule has 14 heteroatoms. The van der Waals surface area contributed by atoms with Gasteiger partial charge in [-0.2, -0.15) is 4.98 Å². The second kappa shape index (κ2) is 12.2. The lowest BCUT2D eigenvalue weighted by atomic mass is 10.1. The van der Waals surface area contributed by atoms with Gasteiger partial charge in [0.05, 0.1) is 27.2 Å². The Morgan fingerprint density at radius 2 is 1.69 bits per heavy atom. The van der Waals surface area contributed by atoms with Crippen molar-refractivity contribution in [3.05, 3.63) is 83.0 Å². The van der Waals surface area contributed by atoms with Crippen LogP contribution in [0.4, 0.5) is 23.1 Å². The van der Waals surface area contributed by atoms with Gasteiger partial charge in [0.15, 0.2) is 0 Å². The van der Waals surface area contributed by atoms with E-state index in [1.165, 1.54) is 18.2 Å². The van der Waals surface area contributed by atoms with Crippen molar-refractivity contribution in [2.24, 2.45) is 0 Å². The molecule has 3 aromatic carbocycles. The van der Waals surface area contributed by atoms with Gasteiger partial charge < -0.3 is 15.7 Å². The maximum Gasteiger partial charge on any atom is 0.263 e. The van der Waals surface area contributed by atoms with E-state index in [9.17, 15) is 17.7 Å². The molecule has 10 nitrogen and oxygen atoms in total. The zero-order valence-electron chi connectivity index (χ0n) is 20.4. The molecule has 4 aromatic rings. The molecule has 0 amide bonds. The monoisotopic (exact) mass is 606 g/mol. The van der Waals surface area contributed by atoms with Gasteiger partial charge in [-0.05, 0) is 61.0 Å². The molecule has 1 heterocycles. The van der Waals surface area contributed by atoms with Crippen LogP contribution in [-0.4, -0.2) is 40.3 Å². The summed E-state index contributed by atoms with van der Waals surface area (Å²) in [6.45, 7) is 1.66. The van der Waals surface area contributed by atoms with Gasteiger partial charge in [0, 0.05) is 34.1 Å². The summed E-state index contributed by atoms with van der Waals surface area (Å²) in [6.07, 6.45) is 1.60. The molecule has 0 saturated carbocycles. The highest BCUT2D eigenvalue weighted by Crippen LogP contribution is 2.32. The van der Waals surface area contributed by atoms with Crippen molar-refractivity contribution in [1.29, 1.82) is 4.78 Å². The maximum atomic E-state index is 12.8. The number of nitrogens with zero attached hydrogens (tertiary/aromatic N) is 2. The van der Waals surface area contributed by atoms with Crippen LogP contribution in [0.3, 0.4) is 0 Å². The molecule has 2 unspecified atom stereocenters. The summed E-state index contributed by atoms with van der Waals surface area (Å²) in [4.78, 5) is 9.21. The van der Waals surface area contributed by atoms with E-state index in [0.717, 1.165) is 0 Å². The summed E-state index contributed by atoms with van der Waals surface area (Å²) in [6, 6.07) is 17.2. The fourth-order valence-corrected chi connectivity index (χ4v) is 5.71. The van der Waals surface area contributed by atoms with E-state index in [1.54, 1.807) is 61.7 Å². The Morgan fingerprint density at radius 3 is 2.33 bits per heavy atom. The summed E-state index contributed by atoms with van der Waals surface area (Å²) < 4.78 is 46.8. The topological polar surface area (TPSA) is 157 Å². The molecule has 0 saturated heterocycles. The zero-order valence-corrected chi connectivity index (χ0v) is 23.6. The Morgan fingerprint density at radius 1 is 1.03 bits per heavy atom. The molecule has 0 aliphatic rings. The number of thiol groups is 1. The largest absolute Gasteiger partial charge is 0.394 e. The second-order valence-corrected chi connectivity index (χ2v) is 11.9. The Hall–Kier alpha value is -3.42. The van der Waals surface area contributed by atoms with Crippen LogP contribution in [0.2, 0.25) is 10.0 Å². The minimum Gasteiger partial charge on any atom is -0.394 e. The van der Waals surface area contributed by atoms with E-state index in [2.05, 4.69) is 25.3 Å². The summed E-state index contributed by atoms with van der Waals surface area (Å²) in [5.74, 6) is 0.719. The SMILES string of the molecule is CC(CO)Nc1nc(Nc2ccc([SH](=N)=O)cc2)ncc1-c1ccc(NS(=O)(=O)c2cccc(Cl)c2Cl)cc1. The Labute approximate surface area is 237 Å².